The van der Waals surface area contributed by atoms with Crippen LogP contribution in [-0.2, 0) is 26.6 Å². The van der Waals surface area contributed by atoms with E-state index in [4.69, 9.17) is 9.68 Å². The monoisotopic (exact) mass is 552 g/mol. The van der Waals surface area contributed by atoms with Crippen LogP contribution in [0.1, 0.15) is 139 Å². The number of amides is 1. The van der Waals surface area contributed by atoms with Gasteiger partial charge >= 0.3 is 0 Å². The Hall–Kier alpha value is -1.51. The number of hydroxylamine groups is 2. The number of carbonyl (C=O) groups is 1. The Morgan fingerprint density at radius 1 is 0.925 bits per heavy atom. The highest BCUT2D eigenvalue weighted by Gasteiger charge is 2.47. The summed E-state index contributed by atoms with van der Waals surface area (Å²) < 4.78 is 0. The second-order valence-corrected chi connectivity index (χ2v) is 13.3. The maximum absolute atomic E-state index is 13.3. The van der Waals surface area contributed by atoms with Gasteiger partial charge in [0.15, 0.2) is 0 Å². The molecule has 0 aromatic heterocycles. The fraction of sp³-hybridized carbons (Fsp3) is 0.788. The second kappa shape index (κ2) is 13.2. The highest BCUT2D eigenvalue weighted by molar-refractivity contribution is 5.82. The summed E-state index contributed by atoms with van der Waals surface area (Å²) in [6.07, 6.45) is 22.0. The van der Waals surface area contributed by atoms with Crippen LogP contribution in [-0.4, -0.2) is 24.3 Å². The van der Waals surface area contributed by atoms with Gasteiger partial charge in [0.25, 0.3) is 0 Å². The summed E-state index contributed by atoms with van der Waals surface area (Å²) in [5.41, 5.74) is 10.2. The van der Waals surface area contributed by atoms with Crippen molar-refractivity contribution in [3.05, 3.63) is 34.9 Å². The number of benzene rings is 1. The highest BCUT2D eigenvalue weighted by Crippen LogP contribution is 2.42. The van der Waals surface area contributed by atoms with Crippen molar-refractivity contribution in [1.82, 2.24) is 21.6 Å². The Morgan fingerprint density at radius 2 is 1.62 bits per heavy atom. The lowest BCUT2D eigenvalue weighted by molar-refractivity contribution is -0.125. The molecule has 2 heterocycles. The summed E-state index contributed by atoms with van der Waals surface area (Å²) in [6, 6.07) is 6.76. The first kappa shape index (κ1) is 28.6. The van der Waals surface area contributed by atoms with Gasteiger partial charge < -0.3 is 5.32 Å². The van der Waals surface area contributed by atoms with Crippen molar-refractivity contribution in [3.8, 4) is 0 Å². The number of fused-ring (bicyclic) bond motifs is 1. The molecule has 7 heteroatoms. The van der Waals surface area contributed by atoms with Crippen LogP contribution in [0, 0.1) is 11.8 Å². The molecule has 2 saturated carbocycles. The molecule has 3 aliphatic carbocycles. The fourth-order valence-corrected chi connectivity index (χ4v) is 8.22. The van der Waals surface area contributed by atoms with Gasteiger partial charge in [0, 0.05) is 6.42 Å². The van der Waals surface area contributed by atoms with Crippen molar-refractivity contribution < 1.29 is 14.5 Å². The molecule has 4 unspecified atom stereocenters. The van der Waals surface area contributed by atoms with E-state index >= 15 is 0 Å². The molecule has 6 rings (SSSR count). The number of aryl methyl sites for hydroxylation is 1. The van der Waals surface area contributed by atoms with Gasteiger partial charge in [-0.25, -0.2) is 0 Å². The molecule has 2 aliphatic heterocycles. The molecule has 4 fully saturated rings. The molecule has 5 aliphatic rings. The van der Waals surface area contributed by atoms with E-state index in [-0.39, 0.29) is 36.0 Å². The van der Waals surface area contributed by atoms with Crippen LogP contribution in [0.2, 0.25) is 0 Å². The lowest BCUT2D eigenvalue weighted by Gasteiger charge is -2.38. The number of hydrogen-bond donors (Lipinski definition) is 4. The van der Waals surface area contributed by atoms with Crippen LogP contribution in [0.5, 0.6) is 0 Å². The van der Waals surface area contributed by atoms with Gasteiger partial charge in [-0.2, -0.15) is 11.0 Å². The van der Waals surface area contributed by atoms with Gasteiger partial charge in [0.1, 0.15) is 17.9 Å². The zero-order valence-corrected chi connectivity index (χ0v) is 24.6. The van der Waals surface area contributed by atoms with Crippen LogP contribution in [0.3, 0.4) is 0 Å². The molecule has 7 nitrogen and oxygen atoms in total. The highest BCUT2D eigenvalue weighted by atomic mass is 16.7. The molecule has 1 aromatic carbocycles. The molecule has 40 heavy (non-hydrogen) atoms. The van der Waals surface area contributed by atoms with E-state index in [1.54, 1.807) is 0 Å². The normalized spacial score (nSPS) is 34.5. The van der Waals surface area contributed by atoms with Crippen molar-refractivity contribution in [1.29, 1.82) is 0 Å². The Bertz CT molecular complexity index is 988. The minimum atomic E-state index is -0.342. The summed E-state index contributed by atoms with van der Waals surface area (Å²) in [6.45, 7) is 2.17. The van der Waals surface area contributed by atoms with E-state index < -0.39 is 0 Å². The third kappa shape index (κ3) is 6.14. The van der Waals surface area contributed by atoms with Gasteiger partial charge in [-0.1, -0.05) is 89.3 Å². The molecule has 0 radical (unpaired) electrons. The smallest absolute Gasteiger partial charge is 0.240 e. The summed E-state index contributed by atoms with van der Waals surface area (Å²) in [7, 11) is 0. The predicted octanol–water partition coefficient (Wildman–Crippen LogP) is 6.19. The largest absolute Gasteiger partial charge is 0.348 e. The second-order valence-electron chi connectivity index (χ2n) is 13.3. The summed E-state index contributed by atoms with van der Waals surface area (Å²) >= 11 is 0. The van der Waals surface area contributed by atoms with Gasteiger partial charge in [-0.05, 0) is 73.5 Å². The molecule has 0 spiro atoms. The Morgan fingerprint density at radius 3 is 2.33 bits per heavy atom. The molecular weight excluding hydrogens is 500 g/mol. The van der Waals surface area contributed by atoms with E-state index in [1.165, 1.54) is 107 Å². The van der Waals surface area contributed by atoms with E-state index in [0.717, 1.165) is 25.7 Å². The van der Waals surface area contributed by atoms with Crippen molar-refractivity contribution >= 4 is 5.91 Å². The first-order valence-electron chi connectivity index (χ1n) is 16.7. The average molecular weight is 553 g/mol. The van der Waals surface area contributed by atoms with E-state index in [2.05, 4.69) is 46.7 Å². The minimum absolute atomic E-state index is 0.0260. The van der Waals surface area contributed by atoms with Gasteiger partial charge in [-0.15, -0.1) is 0 Å². The van der Waals surface area contributed by atoms with Gasteiger partial charge in [0.05, 0.1) is 12.1 Å². The molecule has 0 bridgehead atoms. The molecule has 222 valence electrons. The van der Waals surface area contributed by atoms with Crippen LogP contribution >= 0.6 is 0 Å². The minimum Gasteiger partial charge on any atom is -0.348 e. The first-order chi connectivity index (χ1) is 19.7. The van der Waals surface area contributed by atoms with Gasteiger partial charge in [-0.3, -0.25) is 19.8 Å². The molecule has 5 atom stereocenters. The Labute approximate surface area is 241 Å². The number of rotatable bonds is 6. The first-order valence-corrected chi connectivity index (χ1v) is 16.7. The standard InChI is InChI=1S/C33H52N4O3/c1-2-31-35-33(37-40-31,25-15-11-7-4-8-12-16-25)26-18-19-27-24(21-26)17-20-28(27)34-32(38)29-22-30(39-36-29)23-13-9-5-3-6-10-14-23/h18-19,21,23,25,28-31,35-37H,2-17,20,22H2,1H3,(H,34,38)/t28-,29?,30?,31?,33?/m1/s1. The number of nitrogens with one attached hydrogen (secondary N) is 4. The Balaban J connectivity index is 1.12. The van der Waals surface area contributed by atoms with E-state index in [0.29, 0.717) is 11.8 Å². The van der Waals surface area contributed by atoms with Crippen molar-refractivity contribution in [2.75, 3.05) is 0 Å². The van der Waals surface area contributed by atoms with Crippen LogP contribution in [0.4, 0.5) is 0 Å². The van der Waals surface area contributed by atoms with Crippen LogP contribution in [0.15, 0.2) is 18.2 Å². The molecule has 2 saturated heterocycles. The summed E-state index contributed by atoms with van der Waals surface area (Å²) in [5.74, 6) is 1.16. The lowest BCUT2D eigenvalue weighted by atomic mass is 9.77. The molecule has 4 N–H and O–H groups in total. The number of carbonyl (C=O) groups excluding carboxylic acids is 1. The third-order valence-corrected chi connectivity index (χ3v) is 10.7. The lowest BCUT2D eigenvalue weighted by Crippen LogP contribution is -2.53. The van der Waals surface area contributed by atoms with Crippen molar-refractivity contribution in [2.24, 2.45) is 11.8 Å². The maximum atomic E-state index is 13.3. The number of hydrogen-bond acceptors (Lipinski definition) is 6. The zero-order chi connectivity index (χ0) is 27.4. The van der Waals surface area contributed by atoms with Crippen molar-refractivity contribution in [2.45, 2.75) is 153 Å². The zero-order valence-electron chi connectivity index (χ0n) is 24.6. The average Bonchev–Trinajstić information content (AvgIpc) is 3.67. The van der Waals surface area contributed by atoms with Gasteiger partial charge in [0.2, 0.25) is 5.91 Å². The SMILES string of the molecule is CCC1NC(c2ccc3c(c2)CC[C@H]3NC(=O)C2CC(C3CCCCCCC3)ON2)(C2CCCCCCC2)NO1. The van der Waals surface area contributed by atoms with E-state index in [9.17, 15) is 4.79 Å². The summed E-state index contributed by atoms with van der Waals surface area (Å²) in [4.78, 5) is 25.4. The Kier molecular flexibility index (Phi) is 9.44. The topological polar surface area (TPSA) is 83.7 Å². The molecule has 1 amide bonds. The van der Waals surface area contributed by atoms with Crippen LogP contribution in [0.25, 0.3) is 0 Å². The maximum Gasteiger partial charge on any atom is 0.240 e. The molecular formula is C33H52N4O3. The summed E-state index contributed by atoms with van der Waals surface area (Å²) in [5, 5.41) is 7.25. The van der Waals surface area contributed by atoms with Crippen molar-refractivity contribution in [3.63, 3.8) is 0 Å². The third-order valence-electron chi connectivity index (χ3n) is 10.7. The van der Waals surface area contributed by atoms with E-state index in [1.807, 2.05) is 0 Å². The molecule has 1 aromatic rings. The fourth-order valence-electron chi connectivity index (χ4n) is 8.22. The predicted molar refractivity (Wildman–Crippen MR) is 157 cm³/mol. The van der Waals surface area contributed by atoms with Crippen LogP contribution < -0.4 is 21.6 Å². The quantitative estimate of drug-likeness (QED) is 0.337.